The molecule has 0 aromatic heterocycles. The van der Waals surface area contributed by atoms with Gasteiger partial charge in [-0.15, -0.1) is 0 Å². The summed E-state index contributed by atoms with van der Waals surface area (Å²) in [5.74, 6) is 1.96. The average Bonchev–Trinajstić information content (AvgIpc) is 2.30. The monoisotopic (exact) mass is 237 g/mol. The molecule has 0 aliphatic heterocycles. The zero-order valence-corrected chi connectivity index (χ0v) is 11.7. The standard InChI is InChI=1S/C16H31N/c1-14-9-11-16(12-10-14)17-13-15-7-5-3-2-4-6-8-15/h14-17H,2-13H2,1H3. The quantitative estimate of drug-likeness (QED) is 0.761. The predicted molar refractivity (Wildman–Crippen MR) is 75.2 cm³/mol. The number of nitrogens with one attached hydrogen (secondary N) is 1. The first-order valence-electron chi connectivity index (χ1n) is 8.08. The molecule has 1 N–H and O–H groups in total. The summed E-state index contributed by atoms with van der Waals surface area (Å²) in [5, 5.41) is 3.86. The highest BCUT2D eigenvalue weighted by molar-refractivity contribution is 4.77. The first kappa shape index (κ1) is 13.4. The molecule has 0 unspecified atom stereocenters. The number of hydrogen-bond acceptors (Lipinski definition) is 1. The van der Waals surface area contributed by atoms with Crippen molar-refractivity contribution >= 4 is 0 Å². The molecule has 0 heterocycles. The van der Waals surface area contributed by atoms with Gasteiger partial charge in [-0.3, -0.25) is 0 Å². The van der Waals surface area contributed by atoms with Gasteiger partial charge in [0.2, 0.25) is 0 Å². The van der Waals surface area contributed by atoms with Crippen LogP contribution in [0, 0.1) is 11.8 Å². The molecule has 0 atom stereocenters. The summed E-state index contributed by atoms with van der Waals surface area (Å²) in [7, 11) is 0. The third-order valence-corrected chi connectivity index (χ3v) is 4.94. The molecule has 17 heavy (non-hydrogen) atoms. The second kappa shape index (κ2) is 7.41. The van der Waals surface area contributed by atoms with Gasteiger partial charge < -0.3 is 5.32 Å². The van der Waals surface area contributed by atoms with E-state index in [2.05, 4.69) is 12.2 Å². The lowest BCUT2D eigenvalue weighted by Crippen LogP contribution is -2.36. The van der Waals surface area contributed by atoms with E-state index in [1.54, 1.807) is 0 Å². The molecule has 2 aliphatic carbocycles. The second-order valence-electron chi connectivity index (χ2n) is 6.58. The lowest BCUT2D eigenvalue weighted by atomic mass is 9.86. The normalized spacial score (nSPS) is 33.0. The molecule has 1 heteroatoms. The summed E-state index contributed by atoms with van der Waals surface area (Å²) in [6, 6.07) is 0.844. The highest BCUT2D eigenvalue weighted by atomic mass is 14.9. The van der Waals surface area contributed by atoms with Gasteiger partial charge in [-0.1, -0.05) is 39.0 Å². The maximum absolute atomic E-state index is 3.86. The Kier molecular flexibility index (Phi) is 5.84. The van der Waals surface area contributed by atoms with Crippen molar-refractivity contribution in [1.82, 2.24) is 5.32 Å². The Balaban J connectivity index is 1.62. The van der Waals surface area contributed by atoms with Gasteiger partial charge >= 0.3 is 0 Å². The van der Waals surface area contributed by atoms with E-state index < -0.39 is 0 Å². The Labute approximate surface area is 108 Å². The highest BCUT2D eigenvalue weighted by Crippen LogP contribution is 2.25. The molecule has 0 saturated heterocycles. The lowest BCUT2D eigenvalue weighted by Gasteiger charge is -2.29. The predicted octanol–water partition coefficient (Wildman–Crippen LogP) is 4.52. The Morgan fingerprint density at radius 3 is 2.00 bits per heavy atom. The molecule has 0 aromatic carbocycles. The highest BCUT2D eigenvalue weighted by Gasteiger charge is 2.19. The van der Waals surface area contributed by atoms with Crippen LogP contribution in [0.5, 0.6) is 0 Å². The molecule has 2 saturated carbocycles. The molecule has 2 rings (SSSR count). The van der Waals surface area contributed by atoms with Gasteiger partial charge in [0.05, 0.1) is 0 Å². The van der Waals surface area contributed by atoms with Crippen molar-refractivity contribution in [2.75, 3.05) is 6.54 Å². The SMILES string of the molecule is CC1CCC(NCC2CCCCCCC2)CC1. The minimum atomic E-state index is 0.844. The van der Waals surface area contributed by atoms with Crippen LogP contribution in [0.2, 0.25) is 0 Å². The minimum absolute atomic E-state index is 0.844. The van der Waals surface area contributed by atoms with Crippen molar-refractivity contribution in [1.29, 1.82) is 0 Å². The van der Waals surface area contributed by atoms with Gasteiger partial charge in [0, 0.05) is 6.04 Å². The largest absolute Gasteiger partial charge is 0.314 e. The smallest absolute Gasteiger partial charge is 0.00673 e. The molecule has 0 amide bonds. The van der Waals surface area contributed by atoms with Crippen LogP contribution in [0.25, 0.3) is 0 Å². The summed E-state index contributed by atoms with van der Waals surface area (Å²) in [5.41, 5.74) is 0. The molecular weight excluding hydrogens is 206 g/mol. The van der Waals surface area contributed by atoms with E-state index in [-0.39, 0.29) is 0 Å². The Bertz CT molecular complexity index is 186. The van der Waals surface area contributed by atoms with E-state index in [1.165, 1.54) is 77.2 Å². The van der Waals surface area contributed by atoms with Gasteiger partial charge in [-0.25, -0.2) is 0 Å². The van der Waals surface area contributed by atoms with E-state index in [9.17, 15) is 0 Å². The fourth-order valence-corrected chi connectivity index (χ4v) is 3.54. The maximum atomic E-state index is 3.86. The van der Waals surface area contributed by atoms with E-state index in [0.717, 1.165) is 17.9 Å². The van der Waals surface area contributed by atoms with E-state index in [0.29, 0.717) is 0 Å². The lowest BCUT2D eigenvalue weighted by molar-refractivity contribution is 0.279. The zero-order valence-electron chi connectivity index (χ0n) is 11.7. The molecule has 0 spiro atoms. The molecule has 0 radical (unpaired) electrons. The summed E-state index contributed by atoms with van der Waals surface area (Å²) in [4.78, 5) is 0. The molecule has 100 valence electrons. The summed E-state index contributed by atoms with van der Waals surface area (Å²) in [6.45, 7) is 3.71. The molecule has 1 nitrogen and oxygen atoms in total. The van der Waals surface area contributed by atoms with Crippen LogP contribution in [-0.2, 0) is 0 Å². The van der Waals surface area contributed by atoms with Crippen molar-refractivity contribution in [3.05, 3.63) is 0 Å². The third kappa shape index (κ3) is 4.99. The van der Waals surface area contributed by atoms with E-state index >= 15 is 0 Å². The summed E-state index contributed by atoms with van der Waals surface area (Å²) in [6.07, 6.45) is 16.1. The average molecular weight is 237 g/mol. The van der Waals surface area contributed by atoms with Crippen molar-refractivity contribution in [3.8, 4) is 0 Å². The van der Waals surface area contributed by atoms with Crippen LogP contribution in [-0.4, -0.2) is 12.6 Å². The summed E-state index contributed by atoms with van der Waals surface area (Å²) >= 11 is 0. The molecule has 0 aromatic rings. The van der Waals surface area contributed by atoms with E-state index in [4.69, 9.17) is 0 Å². The van der Waals surface area contributed by atoms with Crippen molar-refractivity contribution in [3.63, 3.8) is 0 Å². The first-order valence-corrected chi connectivity index (χ1v) is 8.08. The van der Waals surface area contributed by atoms with Gasteiger partial charge in [0.1, 0.15) is 0 Å². The Morgan fingerprint density at radius 1 is 0.765 bits per heavy atom. The number of hydrogen-bond donors (Lipinski definition) is 1. The molecular formula is C16H31N. The zero-order chi connectivity index (χ0) is 11.9. The Hall–Kier alpha value is -0.0400. The molecule has 2 aliphatic rings. The van der Waals surface area contributed by atoms with Crippen molar-refractivity contribution in [2.24, 2.45) is 11.8 Å². The summed E-state index contributed by atoms with van der Waals surface area (Å²) < 4.78 is 0. The van der Waals surface area contributed by atoms with E-state index in [1.807, 2.05) is 0 Å². The van der Waals surface area contributed by atoms with Crippen molar-refractivity contribution < 1.29 is 0 Å². The van der Waals surface area contributed by atoms with Crippen LogP contribution < -0.4 is 5.32 Å². The molecule has 0 bridgehead atoms. The second-order valence-corrected chi connectivity index (χ2v) is 6.58. The van der Waals surface area contributed by atoms with Crippen LogP contribution in [0.15, 0.2) is 0 Å². The third-order valence-electron chi connectivity index (χ3n) is 4.94. The number of rotatable bonds is 3. The first-order chi connectivity index (χ1) is 8.34. The topological polar surface area (TPSA) is 12.0 Å². The minimum Gasteiger partial charge on any atom is -0.314 e. The fraction of sp³-hybridized carbons (Fsp3) is 1.00. The molecule has 2 fully saturated rings. The maximum Gasteiger partial charge on any atom is 0.00673 e. The van der Waals surface area contributed by atoms with Crippen molar-refractivity contribution in [2.45, 2.75) is 83.6 Å². The van der Waals surface area contributed by atoms with Crippen LogP contribution in [0.3, 0.4) is 0 Å². The van der Waals surface area contributed by atoms with Crippen LogP contribution >= 0.6 is 0 Å². The van der Waals surface area contributed by atoms with Gasteiger partial charge in [-0.05, 0) is 56.9 Å². The fourth-order valence-electron chi connectivity index (χ4n) is 3.54. The van der Waals surface area contributed by atoms with Crippen LogP contribution in [0.1, 0.15) is 77.6 Å². The van der Waals surface area contributed by atoms with Gasteiger partial charge in [0.15, 0.2) is 0 Å². The van der Waals surface area contributed by atoms with Gasteiger partial charge in [-0.2, -0.15) is 0 Å². The Morgan fingerprint density at radius 2 is 1.35 bits per heavy atom. The van der Waals surface area contributed by atoms with Crippen LogP contribution in [0.4, 0.5) is 0 Å². The van der Waals surface area contributed by atoms with Gasteiger partial charge in [0.25, 0.3) is 0 Å².